The number of halogens is 5. The molecule has 0 bridgehead atoms. The van der Waals surface area contributed by atoms with Crippen molar-refractivity contribution < 1.29 is 8.78 Å². The van der Waals surface area contributed by atoms with Crippen LogP contribution in [0.2, 0.25) is 0 Å². The Bertz CT molecular complexity index is 471. The average Bonchev–Trinajstić information content (AvgIpc) is 3.21. The van der Waals surface area contributed by atoms with E-state index in [4.69, 9.17) is 0 Å². The monoisotopic (exact) mass is 416 g/mol. The second-order valence-electron chi connectivity index (χ2n) is 5.76. The third-order valence-electron chi connectivity index (χ3n) is 4.22. The Kier molecular flexibility index (Phi) is 8.03. The van der Waals surface area contributed by atoms with Gasteiger partial charge in [-0.3, -0.25) is 4.90 Å². The Morgan fingerprint density at radius 1 is 1.14 bits per heavy atom. The van der Waals surface area contributed by atoms with Crippen LogP contribution in [0.5, 0.6) is 0 Å². The molecule has 1 aromatic carbocycles. The van der Waals surface area contributed by atoms with E-state index in [1.807, 2.05) is 0 Å². The van der Waals surface area contributed by atoms with Gasteiger partial charge in [-0.05, 0) is 24.5 Å². The lowest BCUT2D eigenvalue weighted by Gasteiger charge is -2.35. The molecule has 1 aliphatic carbocycles. The minimum atomic E-state index is -0.430. The Labute approximate surface area is 151 Å². The van der Waals surface area contributed by atoms with Crippen molar-refractivity contribution in [2.24, 2.45) is 5.92 Å². The van der Waals surface area contributed by atoms with Crippen molar-refractivity contribution in [1.29, 1.82) is 0 Å². The summed E-state index contributed by atoms with van der Waals surface area (Å²) in [6.07, 6.45) is 3.26. The number of hydrogen-bond donors (Lipinski definition) is 1. The summed E-state index contributed by atoms with van der Waals surface area (Å²) in [6, 6.07) is 2.62. The van der Waals surface area contributed by atoms with Crippen molar-refractivity contribution >= 4 is 40.7 Å². The SMILES string of the molecule is Cl.Cl.Fc1cc(Br)cc(F)c1[C@@H](CC1CC1)N1CCNCC1. The lowest BCUT2D eigenvalue weighted by atomic mass is 9.97. The maximum Gasteiger partial charge on any atom is 0.132 e. The van der Waals surface area contributed by atoms with Crippen molar-refractivity contribution in [1.82, 2.24) is 10.2 Å². The van der Waals surface area contributed by atoms with Crippen LogP contribution in [-0.2, 0) is 0 Å². The molecule has 2 aliphatic rings. The van der Waals surface area contributed by atoms with Gasteiger partial charge in [0, 0.05) is 42.3 Å². The molecule has 0 unspecified atom stereocenters. The first-order chi connectivity index (χ1) is 9.65. The van der Waals surface area contributed by atoms with E-state index in [0.29, 0.717) is 10.4 Å². The predicted octanol–water partition coefficient (Wildman–Crippen LogP) is 4.32. The zero-order valence-electron chi connectivity index (χ0n) is 12.2. The van der Waals surface area contributed by atoms with Gasteiger partial charge in [0.15, 0.2) is 0 Å². The van der Waals surface area contributed by atoms with Crippen LogP contribution in [0.4, 0.5) is 8.78 Å². The van der Waals surface area contributed by atoms with Crippen LogP contribution in [0.25, 0.3) is 0 Å². The highest BCUT2D eigenvalue weighted by Crippen LogP contribution is 2.41. The molecule has 1 N–H and O–H groups in total. The lowest BCUT2D eigenvalue weighted by molar-refractivity contribution is 0.154. The fraction of sp³-hybridized carbons (Fsp3) is 0.600. The summed E-state index contributed by atoms with van der Waals surface area (Å²) in [5.41, 5.74) is 0.252. The van der Waals surface area contributed by atoms with Gasteiger partial charge in [0.25, 0.3) is 0 Å². The standard InChI is InChI=1S/C15H19BrF2N2.2ClH/c16-11-8-12(17)15(13(18)9-11)14(7-10-1-2-10)20-5-3-19-4-6-20;;/h8-10,14,19H,1-7H2;2*1H/t14-;;/m1../s1. The first-order valence-corrected chi connectivity index (χ1v) is 8.03. The molecule has 1 atom stereocenters. The highest BCUT2D eigenvalue weighted by Gasteiger charge is 2.33. The maximum atomic E-state index is 14.3. The summed E-state index contributed by atoms with van der Waals surface area (Å²) < 4.78 is 29.0. The van der Waals surface area contributed by atoms with E-state index in [0.717, 1.165) is 32.6 Å². The van der Waals surface area contributed by atoms with Crippen LogP contribution in [0.3, 0.4) is 0 Å². The van der Waals surface area contributed by atoms with E-state index in [9.17, 15) is 8.78 Å². The van der Waals surface area contributed by atoms with Crippen molar-refractivity contribution in [3.8, 4) is 0 Å². The van der Waals surface area contributed by atoms with Gasteiger partial charge in [-0.1, -0.05) is 28.8 Å². The van der Waals surface area contributed by atoms with E-state index < -0.39 is 11.6 Å². The molecule has 7 heteroatoms. The molecule has 126 valence electrons. The largest absolute Gasteiger partial charge is 0.314 e. The smallest absolute Gasteiger partial charge is 0.132 e. The highest BCUT2D eigenvalue weighted by atomic mass is 79.9. The first-order valence-electron chi connectivity index (χ1n) is 7.24. The van der Waals surface area contributed by atoms with Gasteiger partial charge in [-0.15, -0.1) is 24.8 Å². The van der Waals surface area contributed by atoms with E-state index in [1.165, 1.54) is 25.0 Å². The Hall–Kier alpha value is 0.0600. The van der Waals surface area contributed by atoms with Crippen LogP contribution in [0.15, 0.2) is 16.6 Å². The molecular weight excluding hydrogens is 397 g/mol. The van der Waals surface area contributed by atoms with Crippen LogP contribution in [-0.4, -0.2) is 31.1 Å². The lowest BCUT2D eigenvalue weighted by Crippen LogP contribution is -2.45. The van der Waals surface area contributed by atoms with Gasteiger partial charge in [0.05, 0.1) is 0 Å². The molecule has 22 heavy (non-hydrogen) atoms. The number of rotatable bonds is 4. The topological polar surface area (TPSA) is 15.3 Å². The summed E-state index contributed by atoms with van der Waals surface area (Å²) in [7, 11) is 0. The minimum Gasteiger partial charge on any atom is -0.314 e. The number of hydrogen-bond acceptors (Lipinski definition) is 2. The molecule has 1 aromatic rings. The Balaban J connectivity index is 0.00000121. The molecule has 1 aliphatic heterocycles. The number of nitrogens with one attached hydrogen (secondary N) is 1. The molecule has 0 radical (unpaired) electrons. The summed E-state index contributed by atoms with van der Waals surface area (Å²) in [5, 5.41) is 3.29. The zero-order chi connectivity index (χ0) is 14.1. The van der Waals surface area contributed by atoms with Crippen molar-refractivity contribution in [3.63, 3.8) is 0 Å². The molecule has 1 saturated carbocycles. The van der Waals surface area contributed by atoms with Gasteiger partial charge in [-0.2, -0.15) is 0 Å². The molecular formula is C15H21BrCl2F2N2. The molecule has 0 spiro atoms. The van der Waals surface area contributed by atoms with E-state index in [1.54, 1.807) is 0 Å². The fourth-order valence-electron chi connectivity index (χ4n) is 2.98. The second-order valence-corrected chi connectivity index (χ2v) is 6.68. The van der Waals surface area contributed by atoms with E-state index >= 15 is 0 Å². The zero-order valence-corrected chi connectivity index (χ0v) is 15.4. The van der Waals surface area contributed by atoms with Crippen LogP contribution in [0, 0.1) is 17.6 Å². The first kappa shape index (κ1) is 20.1. The van der Waals surface area contributed by atoms with Crippen LogP contribution < -0.4 is 5.32 Å². The summed E-state index contributed by atoms with van der Waals surface area (Å²) >= 11 is 3.15. The Morgan fingerprint density at radius 3 is 2.18 bits per heavy atom. The van der Waals surface area contributed by atoms with Gasteiger partial charge in [0.2, 0.25) is 0 Å². The Morgan fingerprint density at radius 2 is 1.68 bits per heavy atom. The third kappa shape index (κ3) is 4.78. The quantitative estimate of drug-likeness (QED) is 0.784. The van der Waals surface area contributed by atoms with Gasteiger partial charge in [0.1, 0.15) is 11.6 Å². The van der Waals surface area contributed by atoms with E-state index in [2.05, 4.69) is 26.1 Å². The molecule has 2 fully saturated rings. The van der Waals surface area contributed by atoms with Gasteiger partial charge >= 0.3 is 0 Å². The van der Waals surface area contributed by atoms with Gasteiger partial charge in [-0.25, -0.2) is 8.78 Å². The molecule has 1 heterocycles. The minimum absolute atomic E-state index is 0. The number of nitrogens with zero attached hydrogens (tertiary/aromatic N) is 1. The summed E-state index contributed by atoms with van der Waals surface area (Å²) in [6.45, 7) is 3.49. The number of piperazine rings is 1. The highest BCUT2D eigenvalue weighted by molar-refractivity contribution is 9.10. The summed E-state index contributed by atoms with van der Waals surface area (Å²) in [4.78, 5) is 2.23. The molecule has 3 rings (SSSR count). The third-order valence-corrected chi connectivity index (χ3v) is 4.68. The van der Waals surface area contributed by atoms with Crippen molar-refractivity contribution in [2.45, 2.75) is 25.3 Å². The molecule has 2 nitrogen and oxygen atoms in total. The average molecular weight is 418 g/mol. The molecule has 0 aromatic heterocycles. The van der Waals surface area contributed by atoms with Crippen molar-refractivity contribution in [3.05, 3.63) is 33.8 Å². The maximum absolute atomic E-state index is 14.3. The number of benzene rings is 1. The predicted molar refractivity (Wildman–Crippen MR) is 93.1 cm³/mol. The van der Waals surface area contributed by atoms with Gasteiger partial charge < -0.3 is 5.32 Å². The molecule has 0 amide bonds. The molecule has 1 saturated heterocycles. The summed E-state index contributed by atoms with van der Waals surface area (Å²) in [5.74, 6) is -0.223. The second kappa shape index (κ2) is 8.78. The van der Waals surface area contributed by atoms with Crippen molar-refractivity contribution in [2.75, 3.05) is 26.2 Å². The normalized spacial score (nSPS) is 20.0. The fourth-order valence-corrected chi connectivity index (χ4v) is 3.39. The van der Waals surface area contributed by atoms with E-state index in [-0.39, 0.29) is 36.4 Å². The van der Waals surface area contributed by atoms with Crippen LogP contribution in [0.1, 0.15) is 30.9 Å². The van der Waals surface area contributed by atoms with Crippen LogP contribution >= 0.6 is 40.7 Å².